The Kier molecular flexibility index (Phi) is 3.18. The van der Waals surface area contributed by atoms with Crippen LogP contribution in [-0.4, -0.2) is 23.9 Å². The summed E-state index contributed by atoms with van der Waals surface area (Å²) < 4.78 is 0. The second kappa shape index (κ2) is 4.78. The lowest BCUT2D eigenvalue weighted by Gasteiger charge is -2.11. The average Bonchev–Trinajstić information content (AvgIpc) is 2.81. The van der Waals surface area contributed by atoms with Crippen molar-refractivity contribution in [1.29, 1.82) is 0 Å². The summed E-state index contributed by atoms with van der Waals surface area (Å²) in [6, 6.07) is 9.87. The van der Waals surface area contributed by atoms with Gasteiger partial charge in [0.2, 0.25) is 5.91 Å². The second-order valence-electron chi connectivity index (χ2n) is 3.61. The standard InChI is InChI=1S/C13H14NO/c15-13(14-10-4-5-11-14)9-8-12-6-2-1-3-7-12/h1-4,6-9H,5,10-11H2/b9-8+. The topological polar surface area (TPSA) is 20.3 Å². The number of amides is 1. The fourth-order valence-electron chi connectivity index (χ4n) is 1.62. The summed E-state index contributed by atoms with van der Waals surface area (Å²) in [5, 5.41) is 0. The Labute approximate surface area is 90.2 Å². The summed E-state index contributed by atoms with van der Waals surface area (Å²) >= 11 is 0. The zero-order chi connectivity index (χ0) is 10.5. The highest BCUT2D eigenvalue weighted by atomic mass is 16.2. The number of likely N-dealkylation sites (tertiary alicyclic amines) is 1. The van der Waals surface area contributed by atoms with Crippen LogP contribution in [0.25, 0.3) is 6.08 Å². The van der Waals surface area contributed by atoms with Gasteiger partial charge in [0.15, 0.2) is 0 Å². The quantitative estimate of drug-likeness (QED) is 0.670. The molecule has 1 radical (unpaired) electrons. The number of benzene rings is 1. The molecule has 77 valence electrons. The number of carbonyl (C=O) groups excluding carboxylic acids is 1. The van der Waals surface area contributed by atoms with Crippen LogP contribution in [0.5, 0.6) is 0 Å². The van der Waals surface area contributed by atoms with Gasteiger partial charge in [-0.2, -0.15) is 0 Å². The van der Waals surface area contributed by atoms with Gasteiger partial charge < -0.3 is 4.90 Å². The molecule has 1 aromatic rings. The lowest BCUT2D eigenvalue weighted by Crippen LogP contribution is -2.25. The Morgan fingerprint density at radius 3 is 2.73 bits per heavy atom. The van der Waals surface area contributed by atoms with Gasteiger partial charge in [-0.25, -0.2) is 0 Å². The van der Waals surface area contributed by atoms with Crippen molar-refractivity contribution in [3.8, 4) is 0 Å². The lowest BCUT2D eigenvalue weighted by atomic mass is 10.2. The van der Waals surface area contributed by atoms with Crippen LogP contribution in [0, 0.1) is 6.42 Å². The first-order chi connectivity index (χ1) is 7.36. The van der Waals surface area contributed by atoms with E-state index in [4.69, 9.17) is 0 Å². The maximum absolute atomic E-state index is 11.6. The average molecular weight is 200 g/mol. The van der Waals surface area contributed by atoms with Crippen LogP contribution >= 0.6 is 0 Å². The number of carbonyl (C=O) groups is 1. The molecule has 0 atom stereocenters. The normalized spacial score (nSPS) is 16.1. The van der Waals surface area contributed by atoms with Crippen molar-refractivity contribution < 1.29 is 4.79 Å². The third-order valence-electron chi connectivity index (χ3n) is 2.48. The summed E-state index contributed by atoms with van der Waals surface area (Å²) in [4.78, 5) is 13.5. The van der Waals surface area contributed by atoms with Crippen LogP contribution in [0.2, 0.25) is 0 Å². The molecule has 1 amide bonds. The molecule has 1 saturated heterocycles. The zero-order valence-corrected chi connectivity index (χ0v) is 8.60. The van der Waals surface area contributed by atoms with Crippen molar-refractivity contribution in [3.63, 3.8) is 0 Å². The van der Waals surface area contributed by atoms with E-state index in [0.717, 1.165) is 25.1 Å². The van der Waals surface area contributed by atoms with E-state index < -0.39 is 0 Å². The predicted molar refractivity (Wildman–Crippen MR) is 61.0 cm³/mol. The Morgan fingerprint density at radius 2 is 2.07 bits per heavy atom. The third-order valence-corrected chi connectivity index (χ3v) is 2.48. The molecule has 2 rings (SSSR count). The van der Waals surface area contributed by atoms with Gasteiger partial charge in [0.25, 0.3) is 0 Å². The first-order valence-electron chi connectivity index (χ1n) is 5.20. The SMILES string of the molecule is O=C(/C=C/c1ccccc1)N1C[CH]CC1. The van der Waals surface area contributed by atoms with Crippen LogP contribution in [0.4, 0.5) is 0 Å². The molecular formula is C13H14NO. The molecule has 1 aromatic carbocycles. The summed E-state index contributed by atoms with van der Waals surface area (Å²) in [5.74, 6) is 0.104. The van der Waals surface area contributed by atoms with Gasteiger partial charge in [0, 0.05) is 19.2 Å². The van der Waals surface area contributed by atoms with Gasteiger partial charge in [0.1, 0.15) is 0 Å². The fraction of sp³-hybridized carbons (Fsp3) is 0.231. The number of hydrogen-bond acceptors (Lipinski definition) is 1. The second-order valence-corrected chi connectivity index (χ2v) is 3.61. The van der Waals surface area contributed by atoms with Crippen molar-refractivity contribution in [2.75, 3.05) is 13.1 Å². The minimum absolute atomic E-state index is 0.104. The van der Waals surface area contributed by atoms with Crippen molar-refractivity contribution in [2.45, 2.75) is 6.42 Å². The number of rotatable bonds is 2. The number of hydrogen-bond donors (Lipinski definition) is 0. The highest BCUT2D eigenvalue weighted by Gasteiger charge is 2.14. The van der Waals surface area contributed by atoms with E-state index in [2.05, 4.69) is 6.42 Å². The Balaban J connectivity index is 1.96. The third kappa shape index (κ3) is 2.69. The highest BCUT2D eigenvalue weighted by molar-refractivity contribution is 5.92. The van der Waals surface area contributed by atoms with Gasteiger partial charge >= 0.3 is 0 Å². The summed E-state index contributed by atoms with van der Waals surface area (Å²) in [6.07, 6.45) is 6.66. The van der Waals surface area contributed by atoms with Crippen LogP contribution < -0.4 is 0 Å². The minimum Gasteiger partial charge on any atom is -0.339 e. The molecular weight excluding hydrogens is 186 g/mol. The van der Waals surface area contributed by atoms with Crippen LogP contribution in [0.1, 0.15) is 12.0 Å². The van der Waals surface area contributed by atoms with Crippen molar-refractivity contribution >= 4 is 12.0 Å². The van der Waals surface area contributed by atoms with E-state index in [0.29, 0.717) is 0 Å². The van der Waals surface area contributed by atoms with E-state index in [1.54, 1.807) is 6.08 Å². The van der Waals surface area contributed by atoms with E-state index in [-0.39, 0.29) is 5.91 Å². The smallest absolute Gasteiger partial charge is 0.246 e. The summed E-state index contributed by atoms with van der Waals surface area (Å²) in [5.41, 5.74) is 1.06. The van der Waals surface area contributed by atoms with E-state index in [1.165, 1.54) is 0 Å². The van der Waals surface area contributed by atoms with Gasteiger partial charge in [-0.05, 0) is 24.5 Å². The molecule has 0 aromatic heterocycles. The maximum atomic E-state index is 11.6. The molecule has 15 heavy (non-hydrogen) atoms. The summed E-state index contributed by atoms with van der Waals surface area (Å²) in [7, 11) is 0. The molecule has 0 unspecified atom stereocenters. The molecule has 1 fully saturated rings. The maximum Gasteiger partial charge on any atom is 0.246 e. The first-order valence-corrected chi connectivity index (χ1v) is 5.20. The summed E-state index contributed by atoms with van der Waals surface area (Å²) in [6.45, 7) is 1.65. The van der Waals surface area contributed by atoms with Crippen LogP contribution in [0.15, 0.2) is 36.4 Å². The first kappa shape index (κ1) is 9.97. The predicted octanol–water partition coefficient (Wildman–Crippen LogP) is 2.14. The lowest BCUT2D eigenvalue weighted by molar-refractivity contribution is -0.124. The van der Waals surface area contributed by atoms with E-state index >= 15 is 0 Å². The van der Waals surface area contributed by atoms with Crippen molar-refractivity contribution in [3.05, 3.63) is 48.4 Å². The molecule has 1 aliphatic heterocycles. The molecule has 1 aliphatic rings. The van der Waals surface area contributed by atoms with Gasteiger partial charge in [-0.3, -0.25) is 4.79 Å². The molecule has 2 nitrogen and oxygen atoms in total. The minimum atomic E-state index is 0.104. The largest absolute Gasteiger partial charge is 0.339 e. The fourth-order valence-corrected chi connectivity index (χ4v) is 1.62. The van der Waals surface area contributed by atoms with Crippen LogP contribution in [0.3, 0.4) is 0 Å². The monoisotopic (exact) mass is 200 g/mol. The van der Waals surface area contributed by atoms with Gasteiger partial charge in [-0.1, -0.05) is 30.3 Å². The van der Waals surface area contributed by atoms with Gasteiger partial charge in [0.05, 0.1) is 0 Å². The highest BCUT2D eigenvalue weighted by Crippen LogP contribution is 2.08. The zero-order valence-electron chi connectivity index (χ0n) is 8.60. The Hall–Kier alpha value is -1.57. The molecule has 0 N–H and O–H groups in total. The number of nitrogens with zero attached hydrogens (tertiary/aromatic N) is 1. The molecule has 1 heterocycles. The Morgan fingerprint density at radius 1 is 1.27 bits per heavy atom. The molecule has 0 saturated carbocycles. The Bertz CT molecular complexity index is 350. The molecule has 2 heteroatoms. The van der Waals surface area contributed by atoms with E-state index in [9.17, 15) is 4.79 Å². The van der Waals surface area contributed by atoms with Crippen molar-refractivity contribution in [1.82, 2.24) is 4.90 Å². The molecule has 0 spiro atoms. The molecule has 0 aliphatic carbocycles. The van der Waals surface area contributed by atoms with E-state index in [1.807, 2.05) is 41.3 Å². The van der Waals surface area contributed by atoms with Crippen LogP contribution in [-0.2, 0) is 4.79 Å². The van der Waals surface area contributed by atoms with Gasteiger partial charge in [-0.15, -0.1) is 0 Å². The molecule has 0 bridgehead atoms. The van der Waals surface area contributed by atoms with Crippen molar-refractivity contribution in [2.24, 2.45) is 0 Å².